The quantitative estimate of drug-likeness (QED) is 0.440. The number of benzene rings is 2. The molecule has 1 aromatic heterocycles. The molecule has 31 heavy (non-hydrogen) atoms. The zero-order valence-electron chi connectivity index (χ0n) is 18.0. The van der Waals surface area contributed by atoms with Gasteiger partial charge in [0.1, 0.15) is 0 Å². The molecule has 1 N–H and O–H groups in total. The van der Waals surface area contributed by atoms with Crippen molar-refractivity contribution in [2.24, 2.45) is 0 Å². The third-order valence-electron chi connectivity index (χ3n) is 5.88. The Kier molecular flexibility index (Phi) is 10.6. The van der Waals surface area contributed by atoms with Crippen LogP contribution in [0.25, 0.3) is 10.9 Å². The molecule has 0 unspecified atom stereocenters. The van der Waals surface area contributed by atoms with E-state index in [1.165, 1.54) is 22.2 Å². The second-order valence-electron chi connectivity index (χ2n) is 7.74. The van der Waals surface area contributed by atoms with E-state index >= 15 is 0 Å². The first-order valence-electron chi connectivity index (χ1n) is 10.5. The van der Waals surface area contributed by atoms with Gasteiger partial charge in [0.05, 0.1) is 13.2 Å². The molecule has 0 amide bonds. The molecule has 0 radical (unpaired) electrons. The highest BCUT2D eigenvalue weighted by atomic mass is 35.5. The van der Waals surface area contributed by atoms with E-state index in [1.54, 1.807) is 0 Å². The van der Waals surface area contributed by atoms with E-state index in [2.05, 4.69) is 58.1 Å². The van der Waals surface area contributed by atoms with Crippen molar-refractivity contribution in [2.45, 2.75) is 26.4 Å². The number of para-hydroxylation sites is 1. The average molecular weight is 485 g/mol. The molecule has 170 valence electrons. The molecule has 7 heteroatoms. The van der Waals surface area contributed by atoms with Gasteiger partial charge in [-0.1, -0.05) is 48.0 Å². The van der Waals surface area contributed by atoms with Crippen LogP contribution in [0.2, 0.25) is 5.02 Å². The van der Waals surface area contributed by atoms with Crippen LogP contribution in [0.4, 0.5) is 0 Å². The summed E-state index contributed by atoms with van der Waals surface area (Å²) in [6.45, 7) is 9.96. The zero-order valence-corrected chi connectivity index (χ0v) is 20.4. The Morgan fingerprint density at radius 2 is 1.71 bits per heavy atom. The van der Waals surface area contributed by atoms with Gasteiger partial charge in [-0.15, -0.1) is 24.8 Å². The number of nitrogens with one attached hydrogen (secondary N) is 1. The van der Waals surface area contributed by atoms with Gasteiger partial charge < -0.3 is 14.6 Å². The van der Waals surface area contributed by atoms with Crippen molar-refractivity contribution in [3.05, 3.63) is 70.4 Å². The molecule has 4 nitrogen and oxygen atoms in total. The van der Waals surface area contributed by atoms with Crippen molar-refractivity contribution in [1.82, 2.24) is 14.8 Å². The van der Waals surface area contributed by atoms with Crippen molar-refractivity contribution in [1.29, 1.82) is 0 Å². The molecular weight excluding hydrogens is 453 g/mol. The molecule has 1 fully saturated rings. The van der Waals surface area contributed by atoms with E-state index in [9.17, 15) is 0 Å². The lowest BCUT2D eigenvalue weighted by molar-refractivity contribution is 0.0374. The van der Waals surface area contributed by atoms with E-state index < -0.39 is 0 Å². The van der Waals surface area contributed by atoms with Gasteiger partial charge in [0, 0.05) is 47.8 Å². The lowest BCUT2D eigenvalue weighted by Crippen LogP contribution is -2.37. The average Bonchev–Trinajstić information content (AvgIpc) is 3.02. The monoisotopic (exact) mass is 483 g/mol. The third kappa shape index (κ3) is 6.38. The van der Waals surface area contributed by atoms with Gasteiger partial charge in [-0.25, -0.2) is 0 Å². The largest absolute Gasteiger partial charge is 0.379 e. The van der Waals surface area contributed by atoms with Gasteiger partial charge in [0.15, 0.2) is 0 Å². The molecule has 0 bridgehead atoms. The Balaban J connectivity index is 0.00000171. The molecule has 0 saturated carbocycles. The van der Waals surface area contributed by atoms with Crippen LogP contribution >= 0.6 is 36.4 Å². The number of rotatable bonds is 8. The van der Waals surface area contributed by atoms with Crippen molar-refractivity contribution in [3.8, 4) is 0 Å². The number of aromatic nitrogens is 1. The standard InChI is InChI=1S/C24H30ClN3O.2ClH/c1-19-22(17-26-11-6-12-27-13-15-29-16-14-27)21-8-3-5-10-24(21)28(19)18-20-7-2-4-9-23(20)25;;/h2-5,7-10,26H,6,11-18H2,1H3;2*1H. The topological polar surface area (TPSA) is 29.4 Å². The van der Waals surface area contributed by atoms with Gasteiger partial charge in [0.25, 0.3) is 0 Å². The van der Waals surface area contributed by atoms with E-state index in [0.29, 0.717) is 0 Å². The summed E-state index contributed by atoms with van der Waals surface area (Å²) in [5.74, 6) is 0. The number of nitrogens with zero attached hydrogens (tertiary/aromatic N) is 2. The Bertz CT molecular complexity index is 954. The molecule has 2 aromatic carbocycles. The van der Waals surface area contributed by atoms with E-state index in [0.717, 1.165) is 69.5 Å². The van der Waals surface area contributed by atoms with Gasteiger partial charge in [-0.3, -0.25) is 4.90 Å². The molecule has 1 aliphatic heterocycles. The summed E-state index contributed by atoms with van der Waals surface area (Å²) in [6, 6.07) is 16.8. The summed E-state index contributed by atoms with van der Waals surface area (Å²) in [5.41, 5.74) is 5.13. The second-order valence-corrected chi connectivity index (χ2v) is 8.15. The Hall–Kier alpha value is -1.27. The molecule has 1 aliphatic rings. The highest BCUT2D eigenvalue weighted by Gasteiger charge is 2.15. The van der Waals surface area contributed by atoms with Crippen molar-refractivity contribution in [2.75, 3.05) is 39.4 Å². The van der Waals surface area contributed by atoms with Crippen LogP contribution < -0.4 is 5.32 Å². The minimum atomic E-state index is 0. The fraction of sp³-hybridized carbons (Fsp3) is 0.417. The number of halogens is 3. The van der Waals surface area contributed by atoms with Crippen molar-refractivity contribution >= 4 is 47.3 Å². The minimum absolute atomic E-state index is 0. The minimum Gasteiger partial charge on any atom is -0.379 e. The number of hydrogen-bond acceptors (Lipinski definition) is 3. The molecule has 1 saturated heterocycles. The van der Waals surface area contributed by atoms with E-state index in [1.807, 2.05) is 12.1 Å². The smallest absolute Gasteiger partial charge is 0.0594 e. The number of ether oxygens (including phenoxy) is 1. The normalized spacial score (nSPS) is 14.3. The van der Waals surface area contributed by atoms with Crippen LogP contribution in [-0.4, -0.2) is 48.9 Å². The SMILES string of the molecule is Cc1c(CNCCCN2CCOCC2)c2ccccc2n1Cc1ccccc1Cl.Cl.Cl. The van der Waals surface area contributed by atoms with Gasteiger partial charge in [-0.05, 0) is 49.7 Å². The number of morpholine rings is 1. The Labute approximate surface area is 202 Å². The zero-order chi connectivity index (χ0) is 20.1. The predicted octanol–water partition coefficient (Wildman–Crippen LogP) is 5.31. The molecular formula is C24H32Cl3N3O. The maximum absolute atomic E-state index is 6.43. The Morgan fingerprint density at radius 3 is 2.48 bits per heavy atom. The third-order valence-corrected chi connectivity index (χ3v) is 6.25. The summed E-state index contributed by atoms with van der Waals surface area (Å²) in [5, 5.41) is 5.82. The second kappa shape index (κ2) is 12.7. The summed E-state index contributed by atoms with van der Waals surface area (Å²) < 4.78 is 7.81. The van der Waals surface area contributed by atoms with Crippen LogP contribution in [0.3, 0.4) is 0 Å². The fourth-order valence-corrected chi connectivity index (χ4v) is 4.39. The van der Waals surface area contributed by atoms with Crippen LogP contribution in [0.1, 0.15) is 23.2 Å². The van der Waals surface area contributed by atoms with Crippen LogP contribution in [0.5, 0.6) is 0 Å². The summed E-state index contributed by atoms with van der Waals surface area (Å²) >= 11 is 6.43. The molecule has 0 aliphatic carbocycles. The van der Waals surface area contributed by atoms with Gasteiger partial charge in [-0.2, -0.15) is 0 Å². The lowest BCUT2D eigenvalue weighted by Gasteiger charge is -2.26. The van der Waals surface area contributed by atoms with Crippen LogP contribution in [0, 0.1) is 6.92 Å². The highest BCUT2D eigenvalue weighted by Crippen LogP contribution is 2.28. The molecule has 2 heterocycles. The van der Waals surface area contributed by atoms with Crippen LogP contribution in [-0.2, 0) is 17.8 Å². The first-order valence-corrected chi connectivity index (χ1v) is 10.9. The summed E-state index contributed by atoms with van der Waals surface area (Å²) in [4.78, 5) is 2.49. The molecule has 0 spiro atoms. The summed E-state index contributed by atoms with van der Waals surface area (Å²) in [6.07, 6.45) is 1.16. The highest BCUT2D eigenvalue weighted by molar-refractivity contribution is 6.31. The maximum atomic E-state index is 6.43. The first-order chi connectivity index (χ1) is 14.2. The first kappa shape index (κ1) is 26.0. The summed E-state index contributed by atoms with van der Waals surface area (Å²) in [7, 11) is 0. The van der Waals surface area contributed by atoms with Gasteiger partial charge in [0.2, 0.25) is 0 Å². The van der Waals surface area contributed by atoms with E-state index in [4.69, 9.17) is 16.3 Å². The van der Waals surface area contributed by atoms with E-state index in [-0.39, 0.29) is 24.8 Å². The fourth-order valence-electron chi connectivity index (χ4n) is 4.19. The molecule has 3 aromatic rings. The van der Waals surface area contributed by atoms with Crippen molar-refractivity contribution < 1.29 is 4.74 Å². The number of hydrogen-bond donors (Lipinski definition) is 1. The van der Waals surface area contributed by atoms with Crippen molar-refractivity contribution in [3.63, 3.8) is 0 Å². The maximum Gasteiger partial charge on any atom is 0.0594 e. The number of fused-ring (bicyclic) bond motifs is 1. The molecule has 4 rings (SSSR count). The molecule has 0 atom stereocenters. The van der Waals surface area contributed by atoms with Gasteiger partial charge >= 0.3 is 0 Å². The van der Waals surface area contributed by atoms with Crippen LogP contribution in [0.15, 0.2) is 48.5 Å². The predicted molar refractivity (Wildman–Crippen MR) is 135 cm³/mol. The lowest BCUT2D eigenvalue weighted by atomic mass is 10.1. The Morgan fingerprint density at radius 1 is 1.00 bits per heavy atom.